The van der Waals surface area contributed by atoms with E-state index >= 15 is 0 Å². The fourth-order valence-electron chi connectivity index (χ4n) is 0.834. The summed E-state index contributed by atoms with van der Waals surface area (Å²) in [5.41, 5.74) is 2.15. The van der Waals surface area contributed by atoms with Crippen LogP contribution in [-0.2, 0) is 14.4 Å². The highest BCUT2D eigenvalue weighted by Gasteiger charge is 2.28. The van der Waals surface area contributed by atoms with E-state index in [1.165, 1.54) is 0 Å². The highest BCUT2D eigenvalue weighted by Crippen LogP contribution is 2.00. The second-order valence-electron chi connectivity index (χ2n) is 2.89. The zero-order valence-corrected chi connectivity index (χ0v) is 7.93. The highest BCUT2D eigenvalue weighted by atomic mass is 35.5. The van der Waals surface area contributed by atoms with Crippen molar-refractivity contribution >= 4 is 23.4 Å². The van der Waals surface area contributed by atoms with Crippen molar-refractivity contribution in [1.29, 1.82) is 0 Å². The molecule has 0 spiro atoms. The minimum Gasteiger partial charge on any atom is -0.342 e. The van der Waals surface area contributed by atoms with Gasteiger partial charge in [-0.1, -0.05) is 6.92 Å². The van der Waals surface area contributed by atoms with Crippen molar-refractivity contribution < 1.29 is 14.4 Å². The van der Waals surface area contributed by atoms with E-state index < -0.39 is 6.04 Å². The summed E-state index contributed by atoms with van der Waals surface area (Å²) in [5.74, 6) is -0.619. The molecule has 0 radical (unpaired) electrons. The SMILES string of the molecule is CC(CCl)C(=O)N[C@@H]1CONC1=O. The number of rotatable bonds is 3. The average molecular weight is 207 g/mol. The second kappa shape index (κ2) is 4.43. The topological polar surface area (TPSA) is 67.4 Å². The average Bonchev–Trinajstić information content (AvgIpc) is 2.50. The van der Waals surface area contributed by atoms with E-state index in [1.54, 1.807) is 6.92 Å². The minimum absolute atomic E-state index is 0.166. The molecule has 74 valence electrons. The smallest absolute Gasteiger partial charge is 0.268 e. The van der Waals surface area contributed by atoms with Gasteiger partial charge < -0.3 is 5.32 Å². The maximum Gasteiger partial charge on any atom is 0.268 e. The van der Waals surface area contributed by atoms with Crippen LogP contribution in [0.1, 0.15) is 6.92 Å². The maximum atomic E-state index is 11.2. The summed E-state index contributed by atoms with van der Waals surface area (Å²) in [7, 11) is 0. The number of alkyl halides is 1. The molecule has 0 aromatic carbocycles. The third kappa shape index (κ3) is 2.57. The number of nitrogens with one attached hydrogen (secondary N) is 2. The quantitative estimate of drug-likeness (QED) is 0.607. The third-order valence-corrected chi connectivity index (χ3v) is 2.20. The molecule has 1 unspecified atom stereocenters. The van der Waals surface area contributed by atoms with Crippen LogP contribution >= 0.6 is 11.6 Å². The Morgan fingerprint density at radius 1 is 1.92 bits per heavy atom. The first kappa shape index (κ1) is 10.3. The van der Waals surface area contributed by atoms with Gasteiger partial charge in [0.05, 0.1) is 0 Å². The van der Waals surface area contributed by atoms with Gasteiger partial charge in [0.15, 0.2) is 0 Å². The molecule has 1 heterocycles. The number of hydroxylamine groups is 1. The Labute approximate surface area is 80.7 Å². The van der Waals surface area contributed by atoms with Gasteiger partial charge in [0, 0.05) is 11.8 Å². The van der Waals surface area contributed by atoms with Crippen molar-refractivity contribution in [3.05, 3.63) is 0 Å². The molecule has 2 atom stereocenters. The van der Waals surface area contributed by atoms with Crippen molar-refractivity contribution in [1.82, 2.24) is 10.8 Å². The lowest BCUT2D eigenvalue weighted by atomic mass is 10.2. The molecule has 0 saturated carbocycles. The first-order chi connectivity index (χ1) is 6.15. The number of halogens is 1. The monoisotopic (exact) mass is 206 g/mol. The van der Waals surface area contributed by atoms with E-state index in [9.17, 15) is 9.59 Å². The molecule has 1 aliphatic heterocycles. The molecular formula is C7H11ClN2O3. The Morgan fingerprint density at radius 2 is 2.62 bits per heavy atom. The van der Waals surface area contributed by atoms with Gasteiger partial charge in [-0.2, -0.15) is 0 Å². The Bertz CT molecular complexity index is 222. The van der Waals surface area contributed by atoms with Crippen LogP contribution in [0.15, 0.2) is 0 Å². The molecule has 13 heavy (non-hydrogen) atoms. The summed E-state index contributed by atoms with van der Waals surface area (Å²) in [6.07, 6.45) is 0. The largest absolute Gasteiger partial charge is 0.342 e. The van der Waals surface area contributed by atoms with E-state index in [1.807, 2.05) is 0 Å². The molecule has 0 aromatic heterocycles. The van der Waals surface area contributed by atoms with Crippen LogP contribution in [0.3, 0.4) is 0 Å². The predicted molar refractivity (Wildman–Crippen MR) is 45.9 cm³/mol. The van der Waals surface area contributed by atoms with Crippen molar-refractivity contribution in [2.75, 3.05) is 12.5 Å². The summed E-state index contributed by atoms with van der Waals surface area (Å²) >= 11 is 5.48. The van der Waals surface area contributed by atoms with Crippen molar-refractivity contribution in [3.8, 4) is 0 Å². The normalized spacial score (nSPS) is 23.8. The fourth-order valence-corrected chi connectivity index (χ4v) is 0.974. The van der Waals surface area contributed by atoms with Gasteiger partial charge >= 0.3 is 0 Å². The maximum absolute atomic E-state index is 11.2. The van der Waals surface area contributed by atoms with Crippen LogP contribution in [0.25, 0.3) is 0 Å². The van der Waals surface area contributed by atoms with Gasteiger partial charge in [-0.25, -0.2) is 5.48 Å². The number of carbonyl (C=O) groups excluding carboxylic acids is 2. The summed E-state index contributed by atoms with van der Waals surface area (Å²) in [5, 5.41) is 2.52. The second-order valence-corrected chi connectivity index (χ2v) is 3.20. The molecule has 2 N–H and O–H groups in total. The standard InChI is InChI=1S/C7H11ClN2O3/c1-4(2-8)6(11)9-5-3-13-10-7(5)12/h4-5H,2-3H2,1H3,(H,9,11)(H,10,12)/t4?,5-/m1/s1. The molecule has 0 aromatic rings. The molecular weight excluding hydrogens is 196 g/mol. The van der Waals surface area contributed by atoms with Crippen molar-refractivity contribution in [2.45, 2.75) is 13.0 Å². The molecule has 1 saturated heterocycles. The van der Waals surface area contributed by atoms with E-state index in [0.29, 0.717) is 0 Å². The van der Waals surface area contributed by atoms with Crippen LogP contribution < -0.4 is 10.8 Å². The number of carbonyl (C=O) groups is 2. The molecule has 0 bridgehead atoms. The summed E-state index contributed by atoms with van der Waals surface area (Å²) in [6, 6.07) is -0.585. The molecule has 2 amide bonds. The summed E-state index contributed by atoms with van der Waals surface area (Å²) in [6.45, 7) is 1.86. The number of hydrogen-bond acceptors (Lipinski definition) is 3. The zero-order chi connectivity index (χ0) is 9.84. The lowest BCUT2D eigenvalue weighted by Crippen LogP contribution is -2.44. The van der Waals surface area contributed by atoms with Crippen LogP contribution in [0.4, 0.5) is 0 Å². The zero-order valence-electron chi connectivity index (χ0n) is 7.17. The first-order valence-corrected chi connectivity index (χ1v) is 4.46. The number of amides is 2. The van der Waals surface area contributed by atoms with Crippen LogP contribution in [0.5, 0.6) is 0 Å². The number of hydrogen-bond donors (Lipinski definition) is 2. The fraction of sp³-hybridized carbons (Fsp3) is 0.714. The summed E-state index contributed by atoms with van der Waals surface area (Å²) in [4.78, 5) is 26.8. The van der Waals surface area contributed by atoms with Crippen molar-refractivity contribution in [2.24, 2.45) is 5.92 Å². The van der Waals surface area contributed by atoms with E-state index in [4.69, 9.17) is 11.6 Å². The molecule has 1 fully saturated rings. The lowest BCUT2D eigenvalue weighted by Gasteiger charge is -2.11. The van der Waals surface area contributed by atoms with Crippen LogP contribution in [0.2, 0.25) is 0 Å². The Morgan fingerprint density at radius 3 is 3.08 bits per heavy atom. The highest BCUT2D eigenvalue weighted by molar-refractivity contribution is 6.19. The van der Waals surface area contributed by atoms with Gasteiger partial charge in [-0.15, -0.1) is 11.6 Å². The Kier molecular flexibility index (Phi) is 3.50. The van der Waals surface area contributed by atoms with Crippen LogP contribution in [0, 0.1) is 5.92 Å². The lowest BCUT2D eigenvalue weighted by molar-refractivity contribution is -0.129. The Hall–Kier alpha value is -0.810. The van der Waals surface area contributed by atoms with E-state index in [2.05, 4.69) is 15.6 Å². The van der Waals surface area contributed by atoms with Crippen LogP contribution in [-0.4, -0.2) is 30.3 Å². The molecule has 6 heteroatoms. The first-order valence-electron chi connectivity index (χ1n) is 3.93. The molecule has 0 aliphatic carbocycles. The molecule has 1 rings (SSSR count). The van der Waals surface area contributed by atoms with E-state index in [-0.39, 0.29) is 30.2 Å². The minimum atomic E-state index is -0.585. The van der Waals surface area contributed by atoms with Gasteiger partial charge in [0.2, 0.25) is 5.91 Å². The summed E-state index contributed by atoms with van der Waals surface area (Å²) < 4.78 is 0. The molecule has 1 aliphatic rings. The van der Waals surface area contributed by atoms with Gasteiger partial charge in [-0.3, -0.25) is 14.4 Å². The Balaban J connectivity index is 2.39. The van der Waals surface area contributed by atoms with Gasteiger partial charge in [0.25, 0.3) is 5.91 Å². The van der Waals surface area contributed by atoms with Crippen molar-refractivity contribution in [3.63, 3.8) is 0 Å². The van der Waals surface area contributed by atoms with Gasteiger partial charge in [-0.05, 0) is 0 Å². The predicted octanol–water partition coefficient (Wildman–Crippen LogP) is -0.593. The van der Waals surface area contributed by atoms with E-state index in [0.717, 1.165) is 0 Å². The molecule has 5 nitrogen and oxygen atoms in total. The van der Waals surface area contributed by atoms with Gasteiger partial charge in [0.1, 0.15) is 12.6 Å². The third-order valence-electron chi connectivity index (χ3n) is 1.73.